The SMILES string of the molecule is O=C1N(OCc2ccccc2)CC[C@@H](c2ccc(C(F)(F)F)cc2)N1OCc1ccccc1. The van der Waals surface area contributed by atoms with Crippen molar-refractivity contribution in [3.8, 4) is 0 Å². The molecule has 1 aliphatic heterocycles. The summed E-state index contributed by atoms with van der Waals surface area (Å²) >= 11 is 0. The molecule has 0 spiro atoms. The lowest BCUT2D eigenvalue weighted by molar-refractivity contribution is -0.228. The first-order valence-electron chi connectivity index (χ1n) is 10.5. The molecule has 33 heavy (non-hydrogen) atoms. The van der Waals surface area contributed by atoms with E-state index in [0.29, 0.717) is 12.0 Å². The molecule has 0 radical (unpaired) electrons. The third-order valence-electron chi connectivity index (χ3n) is 5.36. The minimum atomic E-state index is -4.42. The monoisotopic (exact) mass is 456 g/mol. The molecule has 4 rings (SSSR count). The van der Waals surface area contributed by atoms with Crippen LogP contribution in [-0.2, 0) is 29.1 Å². The molecular formula is C25H23F3N2O3. The van der Waals surface area contributed by atoms with E-state index in [2.05, 4.69) is 0 Å². The van der Waals surface area contributed by atoms with Gasteiger partial charge in [-0.3, -0.25) is 9.68 Å². The van der Waals surface area contributed by atoms with Crippen LogP contribution in [0.2, 0.25) is 0 Å². The molecular weight excluding hydrogens is 433 g/mol. The second-order valence-electron chi connectivity index (χ2n) is 7.65. The molecule has 0 saturated carbocycles. The van der Waals surface area contributed by atoms with E-state index in [1.165, 1.54) is 22.3 Å². The molecule has 1 fully saturated rings. The number of amides is 2. The number of halogens is 3. The molecule has 0 aromatic heterocycles. The van der Waals surface area contributed by atoms with Gasteiger partial charge in [-0.2, -0.15) is 18.2 Å². The number of carbonyl (C=O) groups is 1. The first kappa shape index (κ1) is 22.8. The van der Waals surface area contributed by atoms with Crippen LogP contribution in [0.1, 0.15) is 34.7 Å². The van der Waals surface area contributed by atoms with Crippen LogP contribution >= 0.6 is 0 Å². The second kappa shape index (κ2) is 10.1. The van der Waals surface area contributed by atoms with Crippen LogP contribution in [0, 0.1) is 0 Å². The van der Waals surface area contributed by atoms with Gasteiger partial charge in [0, 0.05) is 0 Å². The first-order valence-corrected chi connectivity index (χ1v) is 10.5. The summed E-state index contributed by atoms with van der Waals surface area (Å²) in [5.41, 5.74) is 1.59. The van der Waals surface area contributed by atoms with Crippen LogP contribution in [0.3, 0.4) is 0 Å². The van der Waals surface area contributed by atoms with Gasteiger partial charge in [0.15, 0.2) is 0 Å². The second-order valence-corrected chi connectivity index (χ2v) is 7.65. The Balaban J connectivity index is 1.51. The maximum Gasteiger partial charge on any atom is 0.416 e. The number of rotatable bonds is 7. The van der Waals surface area contributed by atoms with Crippen LogP contribution in [0.5, 0.6) is 0 Å². The van der Waals surface area contributed by atoms with E-state index in [0.717, 1.165) is 23.3 Å². The molecule has 0 bridgehead atoms. The summed E-state index contributed by atoms with van der Waals surface area (Å²) in [5.74, 6) is 0. The highest BCUT2D eigenvalue weighted by atomic mass is 19.4. The Bertz CT molecular complexity index is 1040. The van der Waals surface area contributed by atoms with Gasteiger partial charge in [-0.05, 0) is 35.2 Å². The Morgan fingerprint density at radius 3 is 1.88 bits per heavy atom. The zero-order valence-electron chi connectivity index (χ0n) is 17.7. The van der Waals surface area contributed by atoms with E-state index in [9.17, 15) is 18.0 Å². The quantitative estimate of drug-likeness (QED) is 0.429. The van der Waals surface area contributed by atoms with Crippen LogP contribution in [0.25, 0.3) is 0 Å². The van der Waals surface area contributed by atoms with E-state index in [1.54, 1.807) is 0 Å². The molecule has 1 atom stereocenters. The Labute approximate surface area is 189 Å². The molecule has 5 nitrogen and oxygen atoms in total. The summed E-state index contributed by atoms with van der Waals surface area (Å²) in [6, 6.07) is 22.5. The highest BCUT2D eigenvalue weighted by molar-refractivity contribution is 5.73. The lowest BCUT2D eigenvalue weighted by Gasteiger charge is -2.39. The lowest BCUT2D eigenvalue weighted by Crippen LogP contribution is -2.50. The van der Waals surface area contributed by atoms with Crippen molar-refractivity contribution >= 4 is 6.03 Å². The van der Waals surface area contributed by atoms with Crippen molar-refractivity contribution in [3.63, 3.8) is 0 Å². The molecule has 2 amide bonds. The van der Waals surface area contributed by atoms with Crippen molar-refractivity contribution in [1.29, 1.82) is 0 Å². The summed E-state index contributed by atoms with van der Waals surface area (Å²) in [4.78, 5) is 24.8. The van der Waals surface area contributed by atoms with Crippen molar-refractivity contribution < 1.29 is 27.6 Å². The lowest BCUT2D eigenvalue weighted by atomic mass is 10.0. The fraction of sp³-hybridized carbons (Fsp3) is 0.240. The molecule has 0 aliphatic carbocycles. The minimum absolute atomic E-state index is 0.135. The summed E-state index contributed by atoms with van der Waals surface area (Å²) in [5, 5.41) is 2.43. The number of carbonyl (C=O) groups excluding carboxylic acids is 1. The van der Waals surface area contributed by atoms with Crippen LogP contribution < -0.4 is 0 Å². The number of nitrogens with zero attached hydrogens (tertiary/aromatic N) is 2. The number of hydrogen-bond acceptors (Lipinski definition) is 3. The van der Waals surface area contributed by atoms with Gasteiger partial charge in [0.1, 0.15) is 13.2 Å². The number of alkyl halides is 3. The Morgan fingerprint density at radius 1 is 0.788 bits per heavy atom. The van der Waals surface area contributed by atoms with Gasteiger partial charge in [0.2, 0.25) is 0 Å². The molecule has 1 aliphatic rings. The Hall–Kier alpha value is -3.36. The van der Waals surface area contributed by atoms with Crippen LogP contribution in [0.15, 0.2) is 84.9 Å². The smallest absolute Gasteiger partial charge is 0.265 e. The molecule has 0 unspecified atom stereocenters. The highest BCUT2D eigenvalue weighted by Gasteiger charge is 2.37. The number of hydroxylamine groups is 4. The van der Waals surface area contributed by atoms with Crippen LogP contribution in [-0.4, -0.2) is 22.7 Å². The largest absolute Gasteiger partial charge is 0.416 e. The van der Waals surface area contributed by atoms with E-state index in [-0.39, 0.29) is 19.8 Å². The number of urea groups is 1. The minimum Gasteiger partial charge on any atom is -0.265 e. The van der Waals surface area contributed by atoms with Crippen molar-refractivity contribution in [2.75, 3.05) is 6.54 Å². The van der Waals surface area contributed by atoms with E-state index < -0.39 is 23.8 Å². The van der Waals surface area contributed by atoms with Crippen molar-refractivity contribution in [1.82, 2.24) is 10.1 Å². The molecule has 1 heterocycles. The average Bonchev–Trinajstić information content (AvgIpc) is 2.83. The topological polar surface area (TPSA) is 42.0 Å². The zero-order chi connectivity index (χ0) is 23.3. The first-order chi connectivity index (χ1) is 15.9. The van der Waals surface area contributed by atoms with Gasteiger partial charge >= 0.3 is 12.2 Å². The Morgan fingerprint density at radius 2 is 1.33 bits per heavy atom. The standard InChI is InChI=1S/C25H23F3N2O3/c26-25(27,28)22-13-11-21(12-14-22)23-15-16-29(32-17-19-7-3-1-4-8-19)24(31)30(23)33-18-20-9-5-2-6-10-20/h1-14,23H,15-18H2/t23-/m0/s1. The van der Waals surface area contributed by atoms with E-state index in [1.807, 2.05) is 60.7 Å². The number of hydrogen-bond donors (Lipinski definition) is 0. The maximum atomic E-state index is 13.2. The molecule has 172 valence electrons. The number of benzene rings is 3. The maximum absolute atomic E-state index is 13.2. The van der Waals surface area contributed by atoms with Gasteiger partial charge in [-0.25, -0.2) is 9.86 Å². The molecule has 8 heteroatoms. The summed E-state index contributed by atoms with van der Waals surface area (Å²) in [6.45, 7) is 0.628. The molecule has 0 N–H and O–H groups in total. The fourth-order valence-corrected chi connectivity index (χ4v) is 3.60. The van der Waals surface area contributed by atoms with Gasteiger partial charge in [0.25, 0.3) is 0 Å². The predicted octanol–water partition coefficient (Wildman–Crippen LogP) is 6.14. The normalized spacial score (nSPS) is 16.8. The van der Waals surface area contributed by atoms with Crippen molar-refractivity contribution in [2.45, 2.75) is 31.9 Å². The highest BCUT2D eigenvalue weighted by Crippen LogP contribution is 2.34. The fourth-order valence-electron chi connectivity index (χ4n) is 3.60. The molecule has 3 aromatic rings. The van der Waals surface area contributed by atoms with E-state index in [4.69, 9.17) is 9.68 Å². The molecule has 1 saturated heterocycles. The third kappa shape index (κ3) is 5.71. The van der Waals surface area contributed by atoms with Crippen molar-refractivity contribution in [2.24, 2.45) is 0 Å². The third-order valence-corrected chi connectivity index (χ3v) is 5.36. The van der Waals surface area contributed by atoms with Crippen LogP contribution in [0.4, 0.5) is 18.0 Å². The summed E-state index contributed by atoms with van der Waals surface area (Å²) in [6.07, 6.45) is -3.99. The van der Waals surface area contributed by atoms with Gasteiger partial charge in [-0.1, -0.05) is 72.8 Å². The van der Waals surface area contributed by atoms with Gasteiger partial charge in [0.05, 0.1) is 18.2 Å². The van der Waals surface area contributed by atoms with Crippen molar-refractivity contribution in [3.05, 3.63) is 107 Å². The summed E-state index contributed by atoms with van der Waals surface area (Å²) < 4.78 is 38.9. The molecule has 3 aromatic carbocycles. The zero-order valence-corrected chi connectivity index (χ0v) is 17.7. The summed E-state index contributed by atoms with van der Waals surface area (Å²) in [7, 11) is 0. The Kier molecular flexibility index (Phi) is 6.96. The van der Waals surface area contributed by atoms with Gasteiger partial charge in [-0.15, -0.1) is 0 Å². The average molecular weight is 456 g/mol. The van der Waals surface area contributed by atoms with E-state index >= 15 is 0 Å². The van der Waals surface area contributed by atoms with Gasteiger partial charge < -0.3 is 0 Å². The predicted molar refractivity (Wildman–Crippen MR) is 115 cm³/mol.